The van der Waals surface area contributed by atoms with Crippen LogP contribution in [0.15, 0.2) is 9.33 Å². The van der Waals surface area contributed by atoms with E-state index in [9.17, 15) is 4.79 Å². The number of aromatic nitrogens is 1. The lowest BCUT2D eigenvalue weighted by atomic mass is 10.1. The van der Waals surface area contributed by atoms with Crippen LogP contribution >= 0.6 is 23.1 Å². The van der Waals surface area contributed by atoms with Gasteiger partial charge in [-0.05, 0) is 13.2 Å². The summed E-state index contributed by atoms with van der Waals surface area (Å²) in [7, 11) is 0. The lowest BCUT2D eigenvalue weighted by molar-refractivity contribution is -0.117. The van der Waals surface area contributed by atoms with Gasteiger partial charge in [-0.3, -0.25) is 4.79 Å². The third kappa shape index (κ3) is 1.53. The van der Waals surface area contributed by atoms with Gasteiger partial charge in [-0.15, -0.1) is 11.3 Å². The second-order valence-electron chi connectivity index (χ2n) is 2.73. The average molecular weight is 212 g/mol. The monoisotopic (exact) mass is 212 g/mol. The number of fused-ring (bicyclic) bond motifs is 1. The Morgan fingerprint density at radius 3 is 3.00 bits per heavy atom. The van der Waals surface area contributed by atoms with Gasteiger partial charge in [-0.1, -0.05) is 11.8 Å². The molecule has 0 spiro atoms. The molecule has 1 aliphatic heterocycles. The van der Waals surface area contributed by atoms with Crippen molar-refractivity contribution >= 4 is 34.7 Å². The summed E-state index contributed by atoms with van der Waals surface area (Å²) < 4.78 is 1.01. The van der Waals surface area contributed by atoms with E-state index in [4.69, 9.17) is 0 Å². The first-order valence-corrected chi connectivity index (χ1v) is 5.87. The second-order valence-corrected chi connectivity index (χ2v) is 4.78. The summed E-state index contributed by atoms with van der Waals surface area (Å²) in [5.74, 6) is -0.0806. The minimum absolute atomic E-state index is 0.0806. The molecular weight excluding hydrogens is 204 g/mol. The molecule has 0 aromatic carbocycles. The van der Waals surface area contributed by atoms with Gasteiger partial charge in [-0.25, -0.2) is 9.98 Å². The van der Waals surface area contributed by atoms with Crippen LogP contribution in [0.2, 0.25) is 0 Å². The van der Waals surface area contributed by atoms with Crippen molar-refractivity contribution in [2.75, 3.05) is 6.26 Å². The molecule has 0 unspecified atom stereocenters. The summed E-state index contributed by atoms with van der Waals surface area (Å²) in [6.07, 6.45) is 2.35. The number of amides is 1. The highest BCUT2D eigenvalue weighted by Gasteiger charge is 2.20. The maximum Gasteiger partial charge on any atom is 0.252 e. The number of rotatable bonds is 1. The minimum atomic E-state index is -0.0806. The van der Waals surface area contributed by atoms with Crippen LogP contribution in [-0.4, -0.2) is 22.9 Å². The molecule has 1 amide bonds. The van der Waals surface area contributed by atoms with Crippen molar-refractivity contribution in [2.45, 2.75) is 17.7 Å². The normalized spacial score (nSPS) is 15.5. The Balaban J connectivity index is 2.50. The first-order valence-electron chi connectivity index (χ1n) is 3.83. The zero-order valence-corrected chi connectivity index (χ0v) is 8.96. The number of nitrogens with zero attached hydrogens (tertiary/aromatic N) is 2. The average Bonchev–Trinajstić information content (AvgIpc) is 2.47. The van der Waals surface area contributed by atoms with E-state index >= 15 is 0 Å². The predicted molar refractivity (Wildman–Crippen MR) is 54.8 cm³/mol. The molecule has 0 atom stereocenters. The van der Waals surface area contributed by atoms with Crippen molar-refractivity contribution < 1.29 is 4.79 Å². The molecule has 2 heterocycles. The summed E-state index contributed by atoms with van der Waals surface area (Å²) in [4.78, 5) is 20.4. The number of aliphatic imine (C=N–C) groups is 1. The molecule has 3 nitrogen and oxygen atoms in total. The molecule has 1 aromatic rings. The molecule has 1 aliphatic rings. The topological polar surface area (TPSA) is 42.3 Å². The van der Waals surface area contributed by atoms with Crippen LogP contribution in [0.4, 0.5) is 0 Å². The summed E-state index contributed by atoms with van der Waals surface area (Å²) in [6, 6.07) is 0. The zero-order valence-electron chi connectivity index (χ0n) is 7.33. The molecule has 0 radical (unpaired) electrons. The van der Waals surface area contributed by atoms with Gasteiger partial charge in [0.05, 0.1) is 22.7 Å². The lowest BCUT2D eigenvalue weighted by Gasteiger charge is -2.04. The standard InChI is InChI=1S/C8H8N2OS2/c1-4-7-5(3-6(11)9-4)10-8(12-2)13-7/h3H2,1-2H3. The molecule has 0 N–H and O–H groups in total. The van der Waals surface area contributed by atoms with Gasteiger partial charge in [-0.2, -0.15) is 0 Å². The highest BCUT2D eigenvalue weighted by atomic mass is 32.2. The Kier molecular flexibility index (Phi) is 2.21. The van der Waals surface area contributed by atoms with E-state index in [-0.39, 0.29) is 5.91 Å². The van der Waals surface area contributed by atoms with E-state index < -0.39 is 0 Å². The van der Waals surface area contributed by atoms with E-state index in [1.807, 2.05) is 13.2 Å². The summed E-state index contributed by atoms with van der Waals surface area (Å²) in [5.41, 5.74) is 1.70. The third-order valence-corrected chi connectivity index (χ3v) is 3.98. The number of carbonyl (C=O) groups excluding carboxylic acids is 1. The van der Waals surface area contributed by atoms with Gasteiger partial charge in [0, 0.05) is 0 Å². The van der Waals surface area contributed by atoms with Crippen molar-refractivity contribution in [2.24, 2.45) is 4.99 Å². The van der Waals surface area contributed by atoms with E-state index in [2.05, 4.69) is 9.98 Å². The van der Waals surface area contributed by atoms with Crippen LogP contribution in [0.5, 0.6) is 0 Å². The third-order valence-electron chi connectivity index (χ3n) is 1.79. The molecular formula is C8H8N2OS2. The van der Waals surface area contributed by atoms with Crippen molar-refractivity contribution in [3.63, 3.8) is 0 Å². The van der Waals surface area contributed by atoms with E-state index in [1.165, 1.54) is 0 Å². The van der Waals surface area contributed by atoms with E-state index in [1.54, 1.807) is 23.1 Å². The van der Waals surface area contributed by atoms with Crippen LogP contribution in [0.1, 0.15) is 17.5 Å². The Hall–Kier alpha value is -0.680. The fourth-order valence-corrected chi connectivity index (χ4v) is 2.78. The van der Waals surface area contributed by atoms with Gasteiger partial charge >= 0.3 is 0 Å². The number of thioether (sulfide) groups is 1. The first kappa shape index (κ1) is 8.90. The van der Waals surface area contributed by atoms with Crippen molar-refractivity contribution in [3.8, 4) is 0 Å². The summed E-state index contributed by atoms with van der Waals surface area (Å²) >= 11 is 3.22. The van der Waals surface area contributed by atoms with Gasteiger partial charge in [0.25, 0.3) is 5.91 Å². The SMILES string of the molecule is CSc1nc2c(s1)C(C)=NC(=O)C2. The summed E-state index contributed by atoms with van der Waals surface area (Å²) in [6.45, 7) is 1.86. The highest BCUT2D eigenvalue weighted by molar-refractivity contribution is 8.00. The second kappa shape index (κ2) is 3.23. The minimum Gasteiger partial charge on any atom is -0.272 e. The van der Waals surface area contributed by atoms with Crippen molar-refractivity contribution in [3.05, 3.63) is 10.6 Å². The highest BCUT2D eigenvalue weighted by Crippen LogP contribution is 2.28. The Labute approximate surface area is 84.3 Å². The molecule has 0 aliphatic carbocycles. The zero-order chi connectivity index (χ0) is 9.42. The van der Waals surface area contributed by atoms with Crippen LogP contribution in [0, 0.1) is 0 Å². The number of carbonyl (C=O) groups is 1. The molecule has 5 heteroatoms. The van der Waals surface area contributed by atoms with Gasteiger partial charge in [0.1, 0.15) is 0 Å². The summed E-state index contributed by atoms with van der Waals surface area (Å²) in [5, 5.41) is 0. The molecule has 2 rings (SSSR count). The number of hydrogen-bond donors (Lipinski definition) is 0. The van der Waals surface area contributed by atoms with Gasteiger partial charge in [0.2, 0.25) is 0 Å². The Bertz CT molecular complexity index is 395. The molecule has 0 saturated carbocycles. The number of hydrogen-bond acceptors (Lipinski definition) is 4. The largest absolute Gasteiger partial charge is 0.272 e. The van der Waals surface area contributed by atoms with Crippen LogP contribution in [-0.2, 0) is 11.2 Å². The quantitative estimate of drug-likeness (QED) is 0.666. The molecule has 1 aromatic heterocycles. The fourth-order valence-electron chi connectivity index (χ4n) is 1.24. The van der Waals surface area contributed by atoms with Crippen LogP contribution in [0.3, 0.4) is 0 Å². The first-order chi connectivity index (χ1) is 6.20. The van der Waals surface area contributed by atoms with Crippen LogP contribution in [0.25, 0.3) is 0 Å². The van der Waals surface area contributed by atoms with Gasteiger partial charge in [0.15, 0.2) is 4.34 Å². The molecule has 0 fully saturated rings. The molecule has 0 bridgehead atoms. The Morgan fingerprint density at radius 1 is 1.54 bits per heavy atom. The van der Waals surface area contributed by atoms with E-state index in [0.717, 1.165) is 20.6 Å². The van der Waals surface area contributed by atoms with E-state index in [0.29, 0.717) is 6.42 Å². The molecule has 0 saturated heterocycles. The predicted octanol–water partition coefficient (Wildman–Crippen LogP) is 1.76. The maximum atomic E-state index is 11.1. The Morgan fingerprint density at radius 2 is 2.31 bits per heavy atom. The smallest absolute Gasteiger partial charge is 0.252 e. The van der Waals surface area contributed by atoms with Crippen molar-refractivity contribution in [1.82, 2.24) is 4.98 Å². The van der Waals surface area contributed by atoms with Crippen molar-refractivity contribution in [1.29, 1.82) is 0 Å². The molecule has 13 heavy (non-hydrogen) atoms. The maximum absolute atomic E-state index is 11.1. The number of thiazole rings is 1. The fraction of sp³-hybridized carbons (Fsp3) is 0.375. The lowest BCUT2D eigenvalue weighted by Crippen LogP contribution is -2.12. The van der Waals surface area contributed by atoms with Crippen LogP contribution < -0.4 is 0 Å². The van der Waals surface area contributed by atoms with Gasteiger partial charge < -0.3 is 0 Å². The molecule has 68 valence electrons.